The monoisotopic (exact) mass is 479 g/mol. The van der Waals surface area contributed by atoms with Crippen LogP contribution in [0.3, 0.4) is 0 Å². The Morgan fingerprint density at radius 1 is 0.962 bits per heavy atom. The van der Waals surface area contributed by atoms with Crippen LogP contribution in [0.1, 0.15) is 38.8 Å². The van der Waals surface area contributed by atoms with Gasteiger partial charge < -0.3 is 4.74 Å². The van der Waals surface area contributed by atoms with Gasteiger partial charge in [-0.25, -0.2) is 0 Å². The van der Waals surface area contributed by atoms with E-state index in [1.165, 1.54) is 7.11 Å². The number of nitrogens with zero attached hydrogens (tertiary/aromatic N) is 1. The molecule has 0 radical (unpaired) electrons. The molecule has 2 aromatic carbocycles. The van der Waals surface area contributed by atoms with E-state index in [1.54, 1.807) is 0 Å². The van der Waals surface area contributed by atoms with Gasteiger partial charge in [-0.3, -0.25) is 4.79 Å². The minimum Gasteiger partial charge on any atom is -0.468 e. The minimum absolute atomic E-state index is 0.226. The summed E-state index contributed by atoms with van der Waals surface area (Å²) in [5.41, 5.74) is 0.987. The summed E-state index contributed by atoms with van der Waals surface area (Å²) in [4.78, 5) is 11.5. The first kappa shape index (κ1) is 22.4. The molecule has 0 bridgehead atoms. The molecule has 0 N–H and O–H groups in total. The third-order valence-electron chi connectivity index (χ3n) is 4.07. The molecule has 0 amide bonds. The Labute approximate surface area is 172 Å². The predicted octanol–water partition coefficient (Wildman–Crippen LogP) is 6.15. The van der Waals surface area contributed by atoms with Gasteiger partial charge >= 0.3 is 5.97 Å². The molecule has 0 saturated heterocycles. The highest BCUT2D eigenvalue weighted by molar-refractivity contribution is 9.10. The smallest absolute Gasteiger partial charge is 0.315 e. The molecule has 138 valence electrons. The molecule has 0 saturated carbocycles. The zero-order valence-electron chi connectivity index (χ0n) is 15.6. The van der Waals surface area contributed by atoms with Crippen LogP contribution < -0.4 is 0 Å². The lowest BCUT2D eigenvalue weighted by atomic mass is 9.85. The van der Waals surface area contributed by atoms with E-state index >= 15 is 0 Å². The Morgan fingerprint density at radius 2 is 1.42 bits per heavy atom. The molecule has 3 nitrogen and oxygen atoms in total. The first-order chi connectivity index (χ1) is 12.0. The number of rotatable bonds is 3. The summed E-state index contributed by atoms with van der Waals surface area (Å²) < 4.78 is 6.74. The van der Waals surface area contributed by atoms with Crippen molar-refractivity contribution in [2.75, 3.05) is 7.11 Å². The van der Waals surface area contributed by atoms with Gasteiger partial charge in [-0.1, -0.05) is 56.1 Å². The third kappa shape index (κ3) is 5.96. The highest BCUT2D eigenvalue weighted by atomic mass is 79.9. The summed E-state index contributed by atoms with van der Waals surface area (Å²) in [6, 6.07) is 17.8. The molecular formula is C21H23Br2NO2. The fourth-order valence-electron chi connectivity index (χ4n) is 2.19. The highest BCUT2D eigenvalue weighted by Crippen LogP contribution is 2.27. The van der Waals surface area contributed by atoms with Crippen molar-refractivity contribution in [1.29, 1.82) is 5.26 Å². The lowest BCUT2D eigenvalue weighted by Crippen LogP contribution is -2.30. The second kappa shape index (κ2) is 9.34. The number of nitriles is 1. The van der Waals surface area contributed by atoms with Crippen LogP contribution in [-0.2, 0) is 20.4 Å². The van der Waals surface area contributed by atoms with Gasteiger partial charge in [0.2, 0.25) is 0 Å². The first-order valence-corrected chi connectivity index (χ1v) is 9.65. The molecule has 0 atom stereocenters. The molecule has 5 heteroatoms. The van der Waals surface area contributed by atoms with E-state index in [0.717, 1.165) is 20.1 Å². The Balaban J connectivity index is 0.000000263. The topological polar surface area (TPSA) is 50.1 Å². The summed E-state index contributed by atoms with van der Waals surface area (Å²) in [7, 11) is 1.40. The van der Waals surface area contributed by atoms with E-state index in [1.807, 2.05) is 76.2 Å². The van der Waals surface area contributed by atoms with Crippen molar-refractivity contribution in [2.45, 2.75) is 38.5 Å². The molecule has 0 aliphatic carbocycles. The Bertz CT molecular complexity index is 808. The molecule has 0 aliphatic heterocycles. The van der Waals surface area contributed by atoms with E-state index in [4.69, 9.17) is 10.00 Å². The van der Waals surface area contributed by atoms with Crippen LogP contribution in [-0.4, -0.2) is 13.1 Å². The summed E-state index contributed by atoms with van der Waals surface area (Å²) in [6.45, 7) is 7.52. The maximum absolute atomic E-state index is 11.5. The van der Waals surface area contributed by atoms with E-state index in [2.05, 4.69) is 37.9 Å². The average Bonchev–Trinajstić information content (AvgIpc) is 2.61. The number of halogens is 2. The van der Waals surface area contributed by atoms with Crippen LogP contribution in [0.15, 0.2) is 57.5 Å². The van der Waals surface area contributed by atoms with Crippen LogP contribution in [0.25, 0.3) is 0 Å². The first-order valence-electron chi connectivity index (χ1n) is 8.06. The molecule has 0 fully saturated rings. The number of hydrogen-bond acceptors (Lipinski definition) is 3. The van der Waals surface area contributed by atoms with Gasteiger partial charge in [0.25, 0.3) is 0 Å². The Morgan fingerprint density at radius 3 is 1.85 bits per heavy atom. The number of benzene rings is 2. The zero-order valence-corrected chi connectivity index (χ0v) is 18.8. The quantitative estimate of drug-likeness (QED) is 0.495. The number of hydrogen-bond donors (Lipinski definition) is 0. The van der Waals surface area contributed by atoms with Crippen molar-refractivity contribution in [3.8, 4) is 6.07 Å². The second-order valence-corrected chi connectivity index (χ2v) is 8.71. The molecule has 0 unspecified atom stereocenters. The number of carbonyl (C=O) groups is 1. The molecule has 0 aromatic heterocycles. The molecular weight excluding hydrogens is 458 g/mol. The molecule has 2 rings (SSSR count). The molecule has 0 aliphatic rings. The molecule has 0 heterocycles. The molecule has 2 aromatic rings. The van der Waals surface area contributed by atoms with Gasteiger partial charge in [-0.2, -0.15) is 5.26 Å². The highest BCUT2D eigenvalue weighted by Gasteiger charge is 2.30. The number of carbonyl (C=O) groups excluding carboxylic acids is 1. The number of ether oxygens (including phenoxy) is 1. The predicted molar refractivity (Wildman–Crippen MR) is 112 cm³/mol. The van der Waals surface area contributed by atoms with Crippen molar-refractivity contribution >= 4 is 37.8 Å². The van der Waals surface area contributed by atoms with Crippen molar-refractivity contribution in [1.82, 2.24) is 0 Å². The average molecular weight is 481 g/mol. The van der Waals surface area contributed by atoms with Crippen LogP contribution in [0.5, 0.6) is 0 Å². The zero-order chi connectivity index (χ0) is 20.0. The Kier molecular flexibility index (Phi) is 8.05. The number of methoxy groups -OCH3 is 1. The molecule has 26 heavy (non-hydrogen) atoms. The fraction of sp³-hybridized carbons (Fsp3) is 0.333. The lowest BCUT2D eigenvalue weighted by Gasteiger charge is -2.21. The standard InChI is InChI=1S/C11H13BrO2.C10H10BrN/c1-11(2,10(13)14-3)8-5-4-6-9(12)7-8;1-10(2,7-12)8-4-3-5-9(11)6-8/h4-7H,1-3H3;3-6H,1-2H3. The van der Waals surface area contributed by atoms with Gasteiger partial charge in [-0.05, 0) is 63.1 Å². The fourth-order valence-corrected chi connectivity index (χ4v) is 2.99. The van der Waals surface area contributed by atoms with Crippen molar-refractivity contribution < 1.29 is 9.53 Å². The van der Waals surface area contributed by atoms with Gasteiger partial charge in [-0.15, -0.1) is 0 Å². The summed E-state index contributed by atoms with van der Waals surface area (Å²) in [5.74, 6) is -0.226. The molecule has 0 spiro atoms. The maximum Gasteiger partial charge on any atom is 0.315 e. The van der Waals surface area contributed by atoms with Crippen LogP contribution in [0.2, 0.25) is 0 Å². The van der Waals surface area contributed by atoms with Gasteiger partial charge in [0.05, 0.1) is 24.0 Å². The van der Waals surface area contributed by atoms with Crippen LogP contribution in [0.4, 0.5) is 0 Å². The van der Waals surface area contributed by atoms with Crippen LogP contribution >= 0.6 is 31.9 Å². The Hall–Kier alpha value is -1.64. The normalized spacial score (nSPS) is 11.0. The van der Waals surface area contributed by atoms with Crippen molar-refractivity contribution in [2.24, 2.45) is 0 Å². The van der Waals surface area contributed by atoms with Gasteiger partial charge in [0, 0.05) is 8.95 Å². The van der Waals surface area contributed by atoms with Crippen LogP contribution in [0, 0.1) is 11.3 Å². The lowest BCUT2D eigenvalue weighted by molar-refractivity contribution is -0.146. The second-order valence-electron chi connectivity index (χ2n) is 6.87. The minimum atomic E-state index is -0.599. The summed E-state index contributed by atoms with van der Waals surface area (Å²) >= 11 is 6.75. The van der Waals surface area contributed by atoms with Crippen molar-refractivity contribution in [3.05, 3.63) is 68.6 Å². The summed E-state index contributed by atoms with van der Waals surface area (Å²) in [5, 5.41) is 8.87. The van der Waals surface area contributed by atoms with E-state index in [9.17, 15) is 4.79 Å². The van der Waals surface area contributed by atoms with E-state index in [-0.39, 0.29) is 5.97 Å². The van der Waals surface area contributed by atoms with Gasteiger partial charge in [0.15, 0.2) is 0 Å². The third-order valence-corrected chi connectivity index (χ3v) is 5.05. The van der Waals surface area contributed by atoms with E-state index in [0.29, 0.717) is 0 Å². The van der Waals surface area contributed by atoms with Gasteiger partial charge in [0.1, 0.15) is 0 Å². The summed E-state index contributed by atoms with van der Waals surface area (Å²) in [6.07, 6.45) is 0. The van der Waals surface area contributed by atoms with E-state index < -0.39 is 10.8 Å². The van der Waals surface area contributed by atoms with Crippen molar-refractivity contribution in [3.63, 3.8) is 0 Å². The number of esters is 1. The SMILES string of the molecule is CC(C)(C#N)c1cccc(Br)c1.COC(=O)C(C)(C)c1cccc(Br)c1. The largest absolute Gasteiger partial charge is 0.468 e. The maximum atomic E-state index is 11.5.